The fraction of sp³-hybridized carbons (Fsp3) is 0.379. The fourth-order valence-electron chi connectivity index (χ4n) is 4.81. The van der Waals surface area contributed by atoms with Crippen LogP contribution in [0.15, 0.2) is 72.8 Å². The molecule has 1 N–H and O–H groups in total. The summed E-state index contributed by atoms with van der Waals surface area (Å²) in [6, 6.07) is 23.6. The van der Waals surface area contributed by atoms with Crippen molar-refractivity contribution in [2.45, 2.75) is 57.5 Å². The second-order valence-electron chi connectivity index (χ2n) is 9.00. The molecule has 34 heavy (non-hydrogen) atoms. The highest BCUT2D eigenvalue weighted by molar-refractivity contribution is 5.90. The Morgan fingerprint density at radius 2 is 1.68 bits per heavy atom. The Bertz CT molecular complexity index is 1090. The van der Waals surface area contributed by atoms with Crippen molar-refractivity contribution in [3.63, 3.8) is 0 Å². The van der Waals surface area contributed by atoms with Crippen LogP contribution in [0.25, 0.3) is 10.8 Å². The molecule has 1 atom stereocenters. The summed E-state index contributed by atoms with van der Waals surface area (Å²) in [7, 11) is 0. The molecule has 178 valence electrons. The molecule has 4 rings (SSSR count). The Labute approximate surface area is 202 Å². The van der Waals surface area contributed by atoms with Crippen LogP contribution in [-0.4, -0.2) is 41.9 Å². The number of ether oxygens (including phenoxy) is 1. The largest absolute Gasteiger partial charge is 0.483 e. The van der Waals surface area contributed by atoms with E-state index >= 15 is 0 Å². The average Bonchev–Trinajstić information content (AvgIpc) is 3.38. The molecule has 3 aromatic rings. The summed E-state index contributed by atoms with van der Waals surface area (Å²) < 4.78 is 6.00. The van der Waals surface area contributed by atoms with Crippen molar-refractivity contribution in [2.24, 2.45) is 0 Å². The number of carbonyl (C=O) groups excluding carboxylic acids is 2. The van der Waals surface area contributed by atoms with Crippen LogP contribution in [0, 0.1) is 0 Å². The number of benzene rings is 3. The van der Waals surface area contributed by atoms with Gasteiger partial charge in [0.1, 0.15) is 11.8 Å². The van der Waals surface area contributed by atoms with Gasteiger partial charge in [0, 0.05) is 18.0 Å². The van der Waals surface area contributed by atoms with E-state index in [0.29, 0.717) is 25.1 Å². The van der Waals surface area contributed by atoms with E-state index in [1.54, 1.807) is 4.90 Å². The lowest BCUT2D eigenvalue weighted by Gasteiger charge is -2.31. The van der Waals surface area contributed by atoms with E-state index in [4.69, 9.17) is 4.74 Å². The molecule has 0 bridgehead atoms. The lowest BCUT2D eigenvalue weighted by molar-refractivity contribution is -0.142. The molecule has 0 radical (unpaired) electrons. The van der Waals surface area contributed by atoms with E-state index in [-0.39, 0.29) is 24.5 Å². The number of carbonyl (C=O) groups is 2. The molecule has 0 spiro atoms. The molecule has 1 saturated carbocycles. The topological polar surface area (TPSA) is 58.6 Å². The summed E-state index contributed by atoms with van der Waals surface area (Å²) in [5.41, 5.74) is 1.14. The molecular weight excluding hydrogens is 424 g/mol. The van der Waals surface area contributed by atoms with Crippen LogP contribution in [0.4, 0.5) is 0 Å². The molecule has 5 nitrogen and oxygen atoms in total. The van der Waals surface area contributed by atoms with Crippen molar-refractivity contribution in [1.29, 1.82) is 0 Å². The lowest BCUT2D eigenvalue weighted by atomic mass is 10.1. The zero-order valence-electron chi connectivity index (χ0n) is 19.9. The van der Waals surface area contributed by atoms with Gasteiger partial charge in [0.15, 0.2) is 6.61 Å². The van der Waals surface area contributed by atoms with Crippen molar-refractivity contribution >= 4 is 22.6 Å². The minimum Gasteiger partial charge on any atom is -0.483 e. The van der Waals surface area contributed by atoms with Crippen LogP contribution in [0.5, 0.6) is 5.75 Å². The van der Waals surface area contributed by atoms with Gasteiger partial charge in [0.2, 0.25) is 5.91 Å². The molecule has 1 aliphatic carbocycles. The molecule has 2 amide bonds. The van der Waals surface area contributed by atoms with Crippen molar-refractivity contribution in [1.82, 2.24) is 10.2 Å². The van der Waals surface area contributed by atoms with Gasteiger partial charge in [-0.05, 0) is 42.7 Å². The first kappa shape index (κ1) is 23.8. The first-order valence-electron chi connectivity index (χ1n) is 12.4. The van der Waals surface area contributed by atoms with Crippen molar-refractivity contribution in [3.05, 3.63) is 78.4 Å². The van der Waals surface area contributed by atoms with E-state index in [2.05, 4.69) is 17.4 Å². The molecule has 5 heteroatoms. The van der Waals surface area contributed by atoms with Crippen LogP contribution in [0.3, 0.4) is 0 Å². The van der Waals surface area contributed by atoms with Crippen LogP contribution in [0.2, 0.25) is 0 Å². The van der Waals surface area contributed by atoms with Gasteiger partial charge >= 0.3 is 0 Å². The molecule has 0 saturated heterocycles. The van der Waals surface area contributed by atoms with Crippen LogP contribution in [0.1, 0.15) is 44.6 Å². The van der Waals surface area contributed by atoms with Crippen LogP contribution in [-0.2, 0) is 16.0 Å². The molecular formula is C29H34N2O3. The molecule has 1 unspecified atom stereocenters. The molecule has 3 aromatic carbocycles. The van der Waals surface area contributed by atoms with Gasteiger partial charge in [-0.3, -0.25) is 9.59 Å². The minimum atomic E-state index is -0.507. The van der Waals surface area contributed by atoms with Crippen molar-refractivity contribution < 1.29 is 14.3 Å². The smallest absolute Gasteiger partial charge is 0.261 e. The zero-order chi connectivity index (χ0) is 23.8. The molecule has 0 heterocycles. The Kier molecular flexibility index (Phi) is 8.18. The Hall–Kier alpha value is -3.34. The number of hydrogen-bond acceptors (Lipinski definition) is 3. The maximum absolute atomic E-state index is 13.4. The summed E-state index contributed by atoms with van der Waals surface area (Å²) in [6.07, 6.45) is 5.59. The highest BCUT2D eigenvalue weighted by Crippen LogP contribution is 2.25. The molecule has 0 aliphatic heterocycles. The number of amides is 2. The van der Waals surface area contributed by atoms with Crippen molar-refractivity contribution in [2.75, 3.05) is 13.2 Å². The van der Waals surface area contributed by atoms with Crippen LogP contribution < -0.4 is 10.1 Å². The third kappa shape index (κ3) is 5.96. The Morgan fingerprint density at radius 3 is 2.44 bits per heavy atom. The number of nitrogens with zero attached hydrogens (tertiary/aromatic N) is 1. The Balaban J connectivity index is 1.49. The molecule has 1 fully saturated rings. The van der Waals surface area contributed by atoms with E-state index in [1.807, 2.05) is 67.6 Å². The first-order valence-corrected chi connectivity index (χ1v) is 12.4. The highest BCUT2D eigenvalue weighted by atomic mass is 16.5. The third-order valence-electron chi connectivity index (χ3n) is 6.67. The monoisotopic (exact) mass is 458 g/mol. The van der Waals surface area contributed by atoms with Gasteiger partial charge < -0.3 is 15.0 Å². The third-order valence-corrected chi connectivity index (χ3v) is 6.67. The number of nitrogens with one attached hydrogen (secondary N) is 1. The standard InChI is InChI=1S/C29H34N2O3/c1-2-26(29(33)30-24-15-7-8-16-24)31(20-19-22-11-4-3-5-12-22)28(32)21-34-27-18-10-14-23-13-6-9-17-25(23)27/h3-6,9-14,17-18,24,26H,2,7-8,15-16,19-21H2,1H3,(H,30,33). The van der Waals surface area contributed by atoms with Gasteiger partial charge in [-0.2, -0.15) is 0 Å². The number of rotatable bonds is 10. The maximum Gasteiger partial charge on any atom is 0.261 e. The van der Waals surface area contributed by atoms with Crippen molar-refractivity contribution in [3.8, 4) is 5.75 Å². The Morgan fingerprint density at radius 1 is 0.971 bits per heavy atom. The van der Waals surface area contributed by atoms with E-state index in [9.17, 15) is 9.59 Å². The predicted octanol–water partition coefficient (Wildman–Crippen LogP) is 5.13. The first-order chi connectivity index (χ1) is 16.7. The summed E-state index contributed by atoms with van der Waals surface area (Å²) in [5.74, 6) is 0.455. The lowest BCUT2D eigenvalue weighted by Crippen LogP contribution is -2.52. The minimum absolute atomic E-state index is 0.0547. The summed E-state index contributed by atoms with van der Waals surface area (Å²) >= 11 is 0. The van der Waals surface area contributed by atoms with E-state index in [0.717, 1.165) is 42.0 Å². The number of fused-ring (bicyclic) bond motifs is 1. The highest BCUT2D eigenvalue weighted by Gasteiger charge is 2.30. The summed E-state index contributed by atoms with van der Waals surface area (Å²) in [5, 5.41) is 5.23. The van der Waals surface area contributed by atoms with Gasteiger partial charge in [0.25, 0.3) is 5.91 Å². The predicted molar refractivity (Wildman–Crippen MR) is 136 cm³/mol. The fourth-order valence-corrected chi connectivity index (χ4v) is 4.81. The van der Waals surface area contributed by atoms with E-state index < -0.39 is 6.04 Å². The second-order valence-corrected chi connectivity index (χ2v) is 9.00. The van der Waals surface area contributed by atoms with Gasteiger partial charge in [-0.1, -0.05) is 86.5 Å². The summed E-state index contributed by atoms with van der Waals surface area (Å²) in [4.78, 5) is 28.3. The maximum atomic E-state index is 13.4. The SMILES string of the molecule is CCC(C(=O)NC1CCCC1)N(CCc1ccccc1)C(=O)COc1cccc2ccccc12. The van der Waals surface area contributed by atoms with Gasteiger partial charge in [0.05, 0.1) is 0 Å². The quantitative estimate of drug-likeness (QED) is 0.458. The van der Waals surface area contributed by atoms with Crippen LogP contribution >= 0.6 is 0 Å². The van der Waals surface area contributed by atoms with Gasteiger partial charge in [-0.15, -0.1) is 0 Å². The van der Waals surface area contributed by atoms with Gasteiger partial charge in [-0.25, -0.2) is 0 Å². The van der Waals surface area contributed by atoms with E-state index in [1.165, 1.54) is 0 Å². The molecule has 1 aliphatic rings. The average molecular weight is 459 g/mol. The normalized spacial score (nSPS) is 14.6. The zero-order valence-corrected chi connectivity index (χ0v) is 19.9. The summed E-state index contributed by atoms with van der Waals surface area (Å²) in [6.45, 7) is 2.33. The number of hydrogen-bond donors (Lipinski definition) is 1. The molecule has 0 aromatic heterocycles. The second kappa shape index (κ2) is 11.7.